The SMILES string of the molecule is CNC1CCC(N(C)c2nc(C)cnc2C)CC1. The monoisotopic (exact) mass is 248 g/mol. The molecule has 0 radical (unpaired) electrons. The summed E-state index contributed by atoms with van der Waals surface area (Å²) in [6.07, 6.45) is 6.81. The third-order valence-electron chi connectivity index (χ3n) is 4.04. The lowest BCUT2D eigenvalue weighted by atomic mass is 9.90. The Kier molecular flexibility index (Phi) is 4.17. The zero-order valence-corrected chi connectivity index (χ0v) is 11.9. The lowest BCUT2D eigenvalue weighted by Gasteiger charge is -2.35. The van der Waals surface area contributed by atoms with Gasteiger partial charge in [0, 0.05) is 25.3 Å². The van der Waals surface area contributed by atoms with Crippen LogP contribution in [0.5, 0.6) is 0 Å². The van der Waals surface area contributed by atoms with Gasteiger partial charge in [0.1, 0.15) is 5.82 Å². The number of nitrogens with zero attached hydrogens (tertiary/aromatic N) is 3. The van der Waals surface area contributed by atoms with E-state index in [-0.39, 0.29) is 0 Å². The molecule has 18 heavy (non-hydrogen) atoms. The predicted octanol–water partition coefficient (Wildman–Crippen LogP) is 2.06. The number of hydrogen-bond acceptors (Lipinski definition) is 4. The molecule has 0 unspecified atom stereocenters. The molecule has 0 amide bonds. The molecule has 1 fully saturated rings. The molecule has 1 heterocycles. The molecule has 1 N–H and O–H groups in total. The van der Waals surface area contributed by atoms with Crippen LogP contribution < -0.4 is 10.2 Å². The Morgan fingerprint density at radius 1 is 1.22 bits per heavy atom. The zero-order chi connectivity index (χ0) is 13.1. The standard InChI is InChI=1S/C14H24N4/c1-10-9-16-11(2)14(17-10)18(4)13-7-5-12(15-3)6-8-13/h9,12-13,15H,5-8H2,1-4H3. The molecular formula is C14H24N4. The van der Waals surface area contributed by atoms with Gasteiger partial charge in [0.25, 0.3) is 0 Å². The fourth-order valence-electron chi connectivity index (χ4n) is 2.78. The molecule has 1 aromatic heterocycles. The molecular weight excluding hydrogens is 224 g/mol. The molecule has 0 saturated heterocycles. The maximum absolute atomic E-state index is 4.63. The van der Waals surface area contributed by atoms with Gasteiger partial charge in [-0.05, 0) is 46.6 Å². The average Bonchev–Trinajstić information content (AvgIpc) is 2.41. The van der Waals surface area contributed by atoms with Crippen LogP contribution in [-0.4, -0.2) is 36.1 Å². The Labute approximate surface area is 110 Å². The van der Waals surface area contributed by atoms with E-state index in [1.807, 2.05) is 20.0 Å². The Morgan fingerprint density at radius 3 is 2.50 bits per heavy atom. The maximum atomic E-state index is 4.63. The van der Waals surface area contributed by atoms with Crippen molar-refractivity contribution < 1.29 is 0 Å². The van der Waals surface area contributed by atoms with Crippen LogP contribution in [0, 0.1) is 13.8 Å². The van der Waals surface area contributed by atoms with E-state index in [4.69, 9.17) is 0 Å². The molecule has 100 valence electrons. The Morgan fingerprint density at radius 2 is 1.89 bits per heavy atom. The molecule has 4 heteroatoms. The number of aromatic nitrogens is 2. The molecule has 0 aliphatic heterocycles. The third-order valence-corrected chi connectivity index (χ3v) is 4.04. The van der Waals surface area contributed by atoms with Gasteiger partial charge in [0.05, 0.1) is 11.4 Å². The summed E-state index contributed by atoms with van der Waals surface area (Å²) in [4.78, 5) is 11.4. The molecule has 1 aliphatic carbocycles. The molecule has 2 rings (SSSR count). The summed E-state index contributed by atoms with van der Waals surface area (Å²) in [5.41, 5.74) is 2.02. The number of hydrogen-bond donors (Lipinski definition) is 1. The van der Waals surface area contributed by atoms with Gasteiger partial charge in [-0.15, -0.1) is 0 Å². The Hall–Kier alpha value is -1.16. The summed E-state index contributed by atoms with van der Waals surface area (Å²) in [7, 11) is 4.21. The van der Waals surface area contributed by atoms with Gasteiger partial charge in [-0.3, -0.25) is 4.98 Å². The molecule has 0 aromatic carbocycles. The summed E-state index contributed by atoms with van der Waals surface area (Å²) >= 11 is 0. The van der Waals surface area contributed by atoms with E-state index < -0.39 is 0 Å². The smallest absolute Gasteiger partial charge is 0.150 e. The Bertz CT molecular complexity index is 397. The lowest BCUT2D eigenvalue weighted by molar-refractivity contribution is 0.350. The summed E-state index contributed by atoms with van der Waals surface area (Å²) in [6, 6.07) is 1.30. The first-order valence-corrected chi connectivity index (χ1v) is 6.82. The average molecular weight is 248 g/mol. The van der Waals surface area contributed by atoms with Crippen molar-refractivity contribution in [2.45, 2.75) is 51.6 Å². The molecule has 1 aromatic rings. The highest BCUT2D eigenvalue weighted by Gasteiger charge is 2.24. The largest absolute Gasteiger partial charge is 0.355 e. The number of anilines is 1. The first-order chi connectivity index (χ1) is 8.61. The van der Waals surface area contributed by atoms with Gasteiger partial charge < -0.3 is 10.2 Å². The third kappa shape index (κ3) is 2.80. The van der Waals surface area contributed by atoms with E-state index in [1.54, 1.807) is 0 Å². The van der Waals surface area contributed by atoms with Crippen LogP contribution in [0.2, 0.25) is 0 Å². The normalized spacial score (nSPS) is 24.0. The van der Waals surface area contributed by atoms with Crippen LogP contribution in [0.4, 0.5) is 5.82 Å². The van der Waals surface area contributed by atoms with E-state index in [2.05, 4.69) is 34.3 Å². The van der Waals surface area contributed by atoms with Gasteiger partial charge in [-0.25, -0.2) is 4.98 Å². The van der Waals surface area contributed by atoms with Gasteiger partial charge in [0.15, 0.2) is 0 Å². The van der Waals surface area contributed by atoms with Gasteiger partial charge in [0.2, 0.25) is 0 Å². The van der Waals surface area contributed by atoms with Crippen molar-refractivity contribution in [2.24, 2.45) is 0 Å². The molecule has 0 spiro atoms. The van der Waals surface area contributed by atoms with Crippen LogP contribution >= 0.6 is 0 Å². The number of rotatable bonds is 3. The summed E-state index contributed by atoms with van der Waals surface area (Å²) in [5, 5.41) is 3.38. The Balaban J connectivity index is 2.07. The minimum absolute atomic E-state index is 0.601. The van der Waals surface area contributed by atoms with Crippen molar-refractivity contribution in [3.05, 3.63) is 17.6 Å². The molecule has 4 nitrogen and oxygen atoms in total. The van der Waals surface area contributed by atoms with E-state index in [1.165, 1.54) is 25.7 Å². The highest BCUT2D eigenvalue weighted by Crippen LogP contribution is 2.26. The highest BCUT2D eigenvalue weighted by atomic mass is 15.2. The van der Waals surface area contributed by atoms with Crippen molar-refractivity contribution >= 4 is 5.82 Å². The van der Waals surface area contributed by atoms with Gasteiger partial charge >= 0.3 is 0 Å². The van der Waals surface area contributed by atoms with Gasteiger partial charge in [-0.2, -0.15) is 0 Å². The molecule has 1 aliphatic rings. The predicted molar refractivity (Wildman–Crippen MR) is 75.0 cm³/mol. The van der Waals surface area contributed by atoms with Crippen molar-refractivity contribution in [3.8, 4) is 0 Å². The summed E-state index contributed by atoms with van der Waals surface area (Å²) in [5.74, 6) is 1.04. The minimum Gasteiger partial charge on any atom is -0.355 e. The molecule has 0 bridgehead atoms. The number of nitrogens with one attached hydrogen (secondary N) is 1. The fraction of sp³-hybridized carbons (Fsp3) is 0.714. The summed E-state index contributed by atoms with van der Waals surface area (Å²) < 4.78 is 0. The van der Waals surface area contributed by atoms with Crippen molar-refractivity contribution in [1.82, 2.24) is 15.3 Å². The lowest BCUT2D eigenvalue weighted by Crippen LogP contribution is -2.40. The van der Waals surface area contributed by atoms with E-state index in [0.29, 0.717) is 12.1 Å². The fourth-order valence-corrected chi connectivity index (χ4v) is 2.78. The first-order valence-electron chi connectivity index (χ1n) is 6.82. The van der Waals surface area contributed by atoms with Crippen LogP contribution in [0.15, 0.2) is 6.20 Å². The van der Waals surface area contributed by atoms with Crippen molar-refractivity contribution in [3.63, 3.8) is 0 Å². The maximum Gasteiger partial charge on any atom is 0.150 e. The topological polar surface area (TPSA) is 41.0 Å². The van der Waals surface area contributed by atoms with Crippen LogP contribution in [0.1, 0.15) is 37.1 Å². The van der Waals surface area contributed by atoms with E-state index in [0.717, 1.165) is 17.2 Å². The van der Waals surface area contributed by atoms with Crippen molar-refractivity contribution in [1.29, 1.82) is 0 Å². The van der Waals surface area contributed by atoms with E-state index >= 15 is 0 Å². The first kappa shape index (κ1) is 13.3. The van der Waals surface area contributed by atoms with Crippen molar-refractivity contribution in [2.75, 3.05) is 19.0 Å². The van der Waals surface area contributed by atoms with Crippen LogP contribution in [0.3, 0.4) is 0 Å². The second-order valence-corrected chi connectivity index (χ2v) is 5.33. The van der Waals surface area contributed by atoms with E-state index in [9.17, 15) is 0 Å². The highest BCUT2D eigenvalue weighted by molar-refractivity contribution is 5.43. The summed E-state index contributed by atoms with van der Waals surface area (Å²) in [6.45, 7) is 4.04. The van der Waals surface area contributed by atoms with Gasteiger partial charge in [-0.1, -0.05) is 0 Å². The second kappa shape index (κ2) is 5.65. The number of aryl methyl sites for hydroxylation is 2. The quantitative estimate of drug-likeness (QED) is 0.889. The second-order valence-electron chi connectivity index (χ2n) is 5.33. The minimum atomic E-state index is 0.601. The molecule has 1 saturated carbocycles. The van der Waals surface area contributed by atoms with Crippen LogP contribution in [0.25, 0.3) is 0 Å². The zero-order valence-electron chi connectivity index (χ0n) is 11.9. The molecule has 0 atom stereocenters. The van der Waals surface area contributed by atoms with Crippen LogP contribution in [-0.2, 0) is 0 Å².